The van der Waals surface area contributed by atoms with Gasteiger partial charge in [0.25, 0.3) is 15.9 Å². The Hall–Kier alpha value is -2.30. The topological polar surface area (TPSA) is 87.7 Å². The van der Waals surface area contributed by atoms with Crippen LogP contribution in [-0.2, 0) is 16.6 Å². The van der Waals surface area contributed by atoms with Crippen LogP contribution in [0.5, 0.6) is 5.75 Å². The molecule has 0 aliphatic heterocycles. The van der Waals surface area contributed by atoms with Gasteiger partial charge in [-0.25, -0.2) is 8.42 Å². The molecule has 3 aromatic rings. The second-order valence-electron chi connectivity index (χ2n) is 7.31. The molecule has 3 rings (SSSR count). The van der Waals surface area contributed by atoms with Crippen molar-refractivity contribution in [3.05, 3.63) is 75.1 Å². The molecule has 7 nitrogen and oxygen atoms in total. The molecule has 11 heteroatoms. The van der Waals surface area contributed by atoms with Crippen LogP contribution < -0.4 is 14.8 Å². The van der Waals surface area contributed by atoms with Gasteiger partial charge in [-0.3, -0.25) is 9.52 Å². The van der Waals surface area contributed by atoms with Gasteiger partial charge in [0.2, 0.25) is 0 Å². The lowest BCUT2D eigenvalue weighted by molar-refractivity contribution is 0.0951. The van der Waals surface area contributed by atoms with Gasteiger partial charge in [-0.05, 0) is 62.6 Å². The van der Waals surface area contributed by atoms with Crippen molar-refractivity contribution in [2.24, 2.45) is 0 Å². The smallest absolute Gasteiger partial charge is 0.271 e. The van der Waals surface area contributed by atoms with Gasteiger partial charge in [0.15, 0.2) is 0 Å². The minimum absolute atomic E-state index is 0.128. The molecule has 2 aromatic carbocycles. The summed E-state index contributed by atoms with van der Waals surface area (Å²) in [7, 11) is 0.0318. The molecule has 1 amide bonds. The van der Waals surface area contributed by atoms with Crippen LogP contribution in [0, 0.1) is 0 Å². The van der Waals surface area contributed by atoms with Crippen LogP contribution in [0.1, 0.15) is 15.2 Å². The molecular formula is C22H23Cl2N3O4S2. The van der Waals surface area contributed by atoms with E-state index in [0.717, 1.165) is 11.3 Å². The average Bonchev–Trinajstić information content (AvgIpc) is 3.24. The Morgan fingerprint density at radius 3 is 2.48 bits per heavy atom. The first-order valence-corrected chi connectivity index (χ1v) is 12.9. The van der Waals surface area contributed by atoms with E-state index in [1.807, 2.05) is 19.0 Å². The fourth-order valence-electron chi connectivity index (χ4n) is 2.69. The second-order valence-corrected chi connectivity index (χ2v) is 11.2. The highest BCUT2D eigenvalue weighted by atomic mass is 35.5. The number of amides is 1. The molecule has 176 valence electrons. The van der Waals surface area contributed by atoms with E-state index in [0.29, 0.717) is 45.1 Å². The van der Waals surface area contributed by atoms with Gasteiger partial charge in [0, 0.05) is 28.1 Å². The van der Waals surface area contributed by atoms with Crippen molar-refractivity contribution in [1.29, 1.82) is 0 Å². The van der Waals surface area contributed by atoms with Crippen molar-refractivity contribution in [2.45, 2.75) is 10.8 Å². The maximum Gasteiger partial charge on any atom is 0.271 e. The minimum Gasteiger partial charge on any atom is -0.491 e. The first-order chi connectivity index (χ1) is 15.6. The van der Waals surface area contributed by atoms with E-state index in [1.54, 1.807) is 48.5 Å². The van der Waals surface area contributed by atoms with Crippen LogP contribution in [0.25, 0.3) is 0 Å². The van der Waals surface area contributed by atoms with Crippen molar-refractivity contribution in [2.75, 3.05) is 32.0 Å². The number of hydrogen-bond acceptors (Lipinski definition) is 6. The minimum atomic E-state index is -3.82. The molecule has 0 bridgehead atoms. The Balaban J connectivity index is 1.63. The fourth-order valence-corrected chi connectivity index (χ4v) is 5.33. The summed E-state index contributed by atoms with van der Waals surface area (Å²) in [6, 6.07) is 14.4. The van der Waals surface area contributed by atoms with Gasteiger partial charge in [-0.1, -0.05) is 23.2 Å². The summed E-state index contributed by atoms with van der Waals surface area (Å²) in [6.45, 7) is 1.31. The molecule has 0 fully saturated rings. The fraction of sp³-hybridized carbons (Fsp3) is 0.227. The van der Waals surface area contributed by atoms with Crippen LogP contribution in [0.3, 0.4) is 0 Å². The monoisotopic (exact) mass is 527 g/mol. The third-order valence-electron chi connectivity index (χ3n) is 4.41. The summed E-state index contributed by atoms with van der Waals surface area (Å²) in [6.07, 6.45) is 0. The van der Waals surface area contributed by atoms with E-state index in [-0.39, 0.29) is 16.7 Å². The number of sulfonamides is 1. The number of rotatable bonds is 10. The lowest BCUT2D eigenvalue weighted by Crippen LogP contribution is -2.22. The number of thiophene rings is 1. The highest BCUT2D eigenvalue weighted by molar-refractivity contribution is 7.94. The van der Waals surface area contributed by atoms with Gasteiger partial charge in [-0.15, -0.1) is 11.3 Å². The number of hydrogen-bond donors (Lipinski definition) is 2. The second kappa shape index (κ2) is 11.2. The van der Waals surface area contributed by atoms with Crippen LogP contribution in [0.4, 0.5) is 5.69 Å². The van der Waals surface area contributed by atoms with Crippen molar-refractivity contribution in [1.82, 2.24) is 10.2 Å². The zero-order chi connectivity index (χ0) is 24.0. The number of ether oxygens (including phenoxy) is 1. The van der Waals surface area contributed by atoms with Gasteiger partial charge < -0.3 is 15.0 Å². The number of nitrogens with one attached hydrogen (secondary N) is 2. The van der Waals surface area contributed by atoms with Crippen molar-refractivity contribution in [3.8, 4) is 5.75 Å². The molecule has 0 unspecified atom stereocenters. The van der Waals surface area contributed by atoms with Crippen LogP contribution >= 0.6 is 34.5 Å². The Labute approximate surface area is 207 Å². The number of carbonyl (C=O) groups excluding carboxylic acids is 1. The van der Waals surface area contributed by atoms with E-state index in [2.05, 4.69) is 10.0 Å². The Bertz CT molecular complexity index is 1210. The zero-order valence-corrected chi connectivity index (χ0v) is 21.1. The van der Waals surface area contributed by atoms with Gasteiger partial charge in [-0.2, -0.15) is 0 Å². The molecule has 0 spiro atoms. The molecule has 1 aromatic heterocycles. The number of carbonyl (C=O) groups is 1. The van der Waals surface area contributed by atoms with Crippen molar-refractivity contribution >= 4 is 56.2 Å². The number of benzene rings is 2. The molecule has 33 heavy (non-hydrogen) atoms. The summed E-state index contributed by atoms with van der Waals surface area (Å²) < 4.78 is 34.0. The molecule has 0 atom stereocenters. The molecule has 0 aliphatic carbocycles. The summed E-state index contributed by atoms with van der Waals surface area (Å²) >= 11 is 13.1. The van der Waals surface area contributed by atoms with Crippen LogP contribution in [0.15, 0.2) is 58.8 Å². The summed E-state index contributed by atoms with van der Waals surface area (Å²) in [5, 5.41) is 3.71. The first-order valence-electron chi connectivity index (χ1n) is 9.86. The maximum absolute atomic E-state index is 12.8. The molecule has 0 radical (unpaired) electrons. The predicted octanol–water partition coefficient (Wildman–Crippen LogP) is 4.73. The Morgan fingerprint density at radius 2 is 1.79 bits per heavy atom. The third-order valence-corrected chi connectivity index (χ3v) is 7.93. The quantitative estimate of drug-likeness (QED) is 0.398. The lowest BCUT2D eigenvalue weighted by atomic mass is 10.2. The molecule has 1 heterocycles. The standard InChI is InChI=1S/C22H23Cl2N3O4S2/c1-27(2)11-12-31-20-13-17(7-9-19(20)24)26-33(29,30)21-10-8-18(32-21)14-25-22(28)15-3-5-16(23)6-4-15/h3-10,13,26H,11-12,14H2,1-2H3,(H,25,28). The number of nitrogens with zero attached hydrogens (tertiary/aromatic N) is 1. The lowest BCUT2D eigenvalue weighted by Gasteiger charge is -2.13. The number of anilines is 1. The Morgan fingerprint density at radius 1 is 1.06 bits per heavy atom. The SMILES string of the molecule is CN(C)CCOc1cc(NS(=O)(=O)c2ccc(CNC(=O)c3ccc(Cl)cc3)s2)ccc1Cl. The van der Waals surface area contributed by atoms with E-state index < -0.39 is 10.0 Å². The molecule has 2 N–H and O–H groups in total. The highest BCUT2D eigenvalue weighted by Crippen LogP contribution is 2.30. The van der Waals surface area contributed by atoms with Crippen molar-refractivity contribution < 1.29 is 17.9 Å². The molecule has 0 saturated heterocycles. The van der Waals surface area contributed by atoms with Crippen LogP contribution in [-0.4, -0.2) is 46.5 Å². The summed E-state index contributed by atoms with van der Waals surface area (Å²) in [4.78, 5) is 14.9. The largest absolute Gasteiger partial charge is 0.491 e. The van der Waals surface area contributed by atoms with Gasteiger partial charge >= 0.3 is 0 Å². The predicted molar refractivity (Wildman–Crippen MR) is 133 cm³/mol. The number of halogens is 2. The first kappa shape index (κ1) is 25.3. The maximum atomic E-state index is 12.8. The third kappa shape index (κ3) is 7.35. The van der Waals surface area contributed by atoms with E-state index in [9.17, 15) is 13.2 Å². The average molecular weight is 528 g/mol. The summed E-state index contributed by atoms with van der Waals surface area (Å²) in [5.41, 5.74) is 0.807. The van der Waals surface area contributed by atoms with Gasteiger partial charge in [0.1, 0.15) is 16.6 Å². The normalized spacial score (nSPS) is 11.4. The van der Waals surface area contributed by atoms with Gasteiger partial charge in [0.05, 0.1) is 17.3 Å². The summed E-state index contributed by atoms with van der Waals surface area (Å²) in [5.74, 6) is 0.126. The van der Waals surface area contributed by atoms with Crippen LogP contribution in [0.2, 0.25) is 10.0 Å². The number of likely N-dealkylation sites (N-methyl/N-ethyl adjacent to an activating group) is 1. The molecule has 0 saturated carbocycles. The molecule has 0 aliphatic rings. The zero-order valence-electron chi connectivity index (χ0n) is 18.0. The van der Waals surface area contributed by atoms with E-state index >= 15 is 0 Å². The molecular weight excluding hydrogens is 505 g/mol. The van der Waals surface area contributed by atoms with E-state index in [4.69, 9.17) is 27.9 Å². The van der Waals surface area contributed by atoms with Crippen molar-refractivity contribution in [3.63, 3.8) is 0 Å². The van der Waals surface area contributed by atoms with E-state index in [1.165, 1.54) is 6.07 Å². The Kier molecular flexibility index (Phi) is 8.61. The highest BCUT2D eigenvalue weighted by Gasteiger charge is 2.18.